The van der Waals surface area contributed by atoms with E-state index in [1.54, 1.807) is 0 Å². The average Bonchev–Trinajstić information content (AvgIpc) is 2.74. The lowest BCUT2D eigenvalue weighted by Gasteiger charge is -2.30. The number of carbonyl (C=O) groups excluding carboxylic acids is 1. The van der Waals surface area contributed by atoms with Crippen molar-refractivity contribution in [3.8, 4) is 0 Å². The van der Waals surface area contributed by atoms with E-state index in [2.05, 4.69) is 25.6 Å². The molecule has 1 amide bonds. The monoisotopic (exact) mass is 455 g/mol. The molecule has 7 N–H and O–H groups in total. The van der Waals surface area contributed by atoms with E-state index in [4.69, 9.17) is 11.5 Å². The molecule has 1 heterocycles. The van der Waals surface area contributed by atoms with Crippen molar-refractivity contribution in [2.75, 3.05) is 5.32 Å². The first-order valence-electron chi connectivity index (χ1n) is 11.3. The van der Waals surface area contributed by atoms with E-state index < -0.39 is 17.9 Å². The first-order valence-corrected chi connectivity index (χ1v) is 11.3. The van der Waals surface area contributed by atoms with Crippen molar-refractivity contribution >= 4 is 34.6 Å². The van der Waals surface area contributed by atoms with Crippen LogP contribution in [0.15, 0.2) is 23.2 Å². The number of fused-ring (bicyclic) bond motifs is 1. The number of guanidine groups is 1. The number of aryl methyl sites for hydroxylation is 1. The van der Waals surface area contributed by atoms with E-state index in [0.717, 1.165) is 36.6 Å². The van der Waals surface area contributed by atoms with Crippen molar-refractivity contribution < 1.29 is 14.7 Å². The van der Waals surface area contributed by atoms with Gasteiger partial charge in [0, 0.05) is 5.39 Å². The number of nitrogens with one attached hydrogen (secondary N) is 2. The van der Waals surface area contributed by atoms with Gasteiger partial charge in [-0.25, -0.2) is 19.8 Å². The second-order valence-electron chi connectivity index (χ2n) is 9.07. The normalized spacial score (nSPS) is 19.2. The lowest BCUT2D eigenvalue weighted by Crippen LogP contribution is -2.42. The van der Waals surface area contributed by atoms with E-state index in [0.29, 0.717) is 17.8 Å². The summed E-state index contributed by atoms with van der Waals surface area (Å²) in [6.07, 6.45) is 4.07. The van der Waals surface area contributed by atoms with E-state index in [1.165, 1.54) is 0 Å². The van der Waals surface area contributed by atoms with Gasteiger partial charge in [-0.15, -0.1) is 0 Å². The molecule has 0 saturated heterocycles. The second-order valence-corrected chi connectivity index (χ2v) is 9.07. The number of carboxylic acids is 1. The van der Waals surface area contributed by atoms with Crippen LogP contribution >= 0.6 is 0 Å². The molecule has 1 fully saturated rings. The van der Waals surface area contributed by atoms with Crippen LogP contribution in [0.3, 0.4) is 0 Å². The van der Waals surface area contributed by atoms with Gasteiger partial charge >= 0.3 is 5.97 Å². The molecule has 0 radical (unpaired) electrons. The molecule has 3 atom stereocenters. The Morgan fingerprint density at radius 3 is 2.61 bits per heavy atom. The molecule has 1 aromatic carbocycles. The van der Waals surface area contributed by atoms with E-state index in [1.807, 2.05) is 39.0 Å². The van der Waals surface area contributed by atoms with Gasteiger partial charge in [0.2, 0.25) is 5.82 Å². The van der Waals surface area contributed by atoms with Crippen LogP contribution in [0.4, 0.5) is 5.82 Å². The van der Waals surface area contributed by atoms with Crippen LogP contribution in [0.25, 0.3) is 10.9 Å². The molecule has 0 bridgehead atoms. The van der Waals surface area contributed by atoms with Crippen LogP contribution in [0.5, 0.6) is 0 Å². The summed E-state index contributed by atoms with van der Waals surface area (Å²) in [5, 5.41) is 16.3. The zero-order valence-corrected chi connectivity index (χ0v) is 19.3. The highest BCUT2D eigenvalue weighted by atomic mass is 16.4. The number of hydrogen-bond acceptors (Lipinski definition) is 6. The van der Waals surface area contributed by atoms with Gasteiger partial charge in [0.05, 0.1) is 17.6 Å². The van der Waals surface area contributed by atoms with Crippen LogP contribution < -0.4 is 22.1 Å². The summed E-state index contributed by atoms with van der Waals surface area (Å²) in [6, 6.07) is 4.52. The number of carbonyl (C=O) groups is 2. The van der Waals surface area contributed by atoms with E-state index in [-0.39, 0.29) is 29.8 Å². The number of aromatic nitrogens is 2. The zero-order chi connectivity index (χ0) is 24.1. The molecule has 1 aliphatic carbocycles. The number of benzene rings is 1. The lowest BCUT2D eigenvalue weighted by atomic mass is 9.90. The number of aliphatic imine (C=N–C) groups is 1. The molecule has 178 valence electrons. The Balaban J connectivity index is 1.96. The van der Waals surface area contributed by atoms with Crippen LogP contribution in [0.1, 0.15) is 62.1 Å². The quantitative estimate of drug-likeness (QED) is 0.298. The molecule has 2 unspecified atom stereocenters. The highest BCUT2D eigenvalue weighted by Gasteiger charge is 2.27. The van der Waals surface area contributed by atoms with Gasteiger partial charge < -0.3 is 27.2 Å². The number of carboxylic acid groups (broad SMARTS) is 1. The van der Waals surface area contributed by atoms with Crippen LogP contribution in [-0.2, 0) is 4.79 Å². The fourth-order valence-corrected chi connectivity index (χ4v) is 4.17. The number of amides is 1. The zero-order valence-electron chi connectivity index (χ0n) is 19.3. The maximum atomic E-state index is 12.9. The van der Waals surface area contributed by atoms with Crippen molar-refractivity contribution in [1.29, 1.82) is 0 Å². The maximum Gasteiger partial charge on any atom is 0.326 e. The van der Waals surface area contributed by atoms with Crippen LogP contribution in [-0.4, -0.2) is 51.0 Å². The third-order valence-corrected chi connectivity index (χ3v) is 5.73. The topological polar surface area (TPSA) is 169 Å². The number of aliphatic carboxylic acids is 1. The van der Waals surface area contributed by atoms with Gasteiger partial charge in [-0.1, -0.05) is 38.3 Å². The Morgan fingerprint density at radius 1 is 1.21 bits per heavy atom. The van der Waals surface area contributed by atoms with Crippen molar-refractivity contribution in [2.24, 2.45) is 22.4 Å². The third kappa shape index (κ3) is 6.30. The summed E-state index contributed by atoms with van der Waals surface area (Å²) in [6.45, 7) is 5.77. The Kier molecular flexibility index (Phi) is 7.67. The third-order valence-electron chi connectivity index (χ3n) is 5.73. The molecule has 10 heteroatoms. The molecule has 1 aliphatic rings. The summed E-state index contributed by atoms with van der Waals surface area (Å²) in [7, 11) is 0. The standard InChI is InChI=1S/C23H33N7O3/c1-12(2)10-18(22(32)33)28-21(31)20-26-15-9-8-13(3)11-14(15)19(30-20)27-16-6-4-5-7-17(16)29-23(24)25/h8-9,11-12,16-18H,4-7,10H2,1-3H3,(H,28,31)(H,32,33)(H4,24,25,29)(H,26,27,30)/t16?,17?,18-/m0/s1. The van der Waals surface area contributed by atoms with Gasteiger partial charge in [0.1, 0.15) is 11.9 Å². The SMILES string of the molecule is Cc1ccc2nc(C(=O)N[C@@H](CC(C)C)C(=O)O)nc(NC3CCCCC3N=C(N)N)c2c1. The Labute approximate surface area is 193 Å². The molecular formula is C23H33N7O3. The molecule has 0 aliphatic heterocycles. The molecular weight excluding hydrogens is 422 g/mol. The first kappa shape index (κ1) is 24.2. The number of nitrogens with two attached hydrogens (primary N) is 2. The average molecular weight is 456 g/mol. The summed E-state index contributed by atoms with van der Waals surface area (Å²) >= 11 is 0. The Morgan fingerprint density at radius 2 is 1.94 bits per heavy atom. The summed E-state index contributed by atoms with van der Waals surface area (Å²) in [5.41, 5.74) is 12.9. The Bertz CT molecular complexity index is 1050. The minimum absolute atomic E-state index is 0.0435. The maximum absolute atomic E-state index is 12.9. The molecule has 2 aromatic rings. The molecule has 3 rings (SSSR count). The number of hydrogen-bond donors (Lipinski definition) is 5. The predicted octanol–water partition coefficient (Wildman–Crippen LogP) is 2.16. The number of nitrogens with zero attached hydrogens (tertiary/aromatic N) is 3. The van der Waals surface area contributed by atoms with Gasteiger partial charge in [-0.3, -0.25) is 4.79 Å². The highest BCUT2D eigenvalue weighted by molar-refractivity contribution is 5.98. The number of anilines is 1. The Hall–Kier alpha value is -3.43. The minimum atomic E-state index is -1.09. The molecule has 10 nitrogen and oxygen atoms in total. The van der Waals surface area contributed by atoms with Gasteiger partial charge in [-0.05, 0) is 44.2 Å². The predicted molar refractivity (Wildman–Crippen MR) is 128 cm³/mol. The van der Waals surface area contributed by atoms with Crippen molar-refractivity contribution in [3.63, 3.8) is 0 Å². The van der Waals surface area contributed by atoms with Crippen LogP contribution in [0, 0.1) is 12.8 Å². The molecule has 0 spiro atoms. The van der Waals surface area contributed by atoms with Crippen molar-refractivity contribution in [3.05, 3.63) is 29.6 Å². The number of rotatable bonds is 8. The summed E-state index contributed by atoms with van der Waals surface area (Å²) < 4.78 is 0. The fraction of sp³-hybridized carbons (Fsp3) is 0.522. The minimum Gasteiger partial charge on any atom is -0.480 e. The molecule has 1 aromatic heterocycles. The van der Waals surface area contributed by atoms with Gasteiger partial charge in [-0.2, -0.15) is 0 Å². The van der Waals surface area contributed by atoms with Crippen molar-refractivity contribution in [1.82, 2.24) is 15.3 Å². The smallest absolute Gasteiger partial charge is 0.326 e. The summed E-state index contributed by atoms with van der Waals surface area (Å²) in [4.78, 5) is 37.8. The molecule has 33 heavy (non-hydrogen) atoms. The van der Waals surface area contributed by atoms with Crippen LogP contribution in [0.2, 0.25) is 0 Å². The highest BCUT2D eigenvalue weighted by Crippen LogP contribution is 2.28. The second kappa shape index (κ2) is 10.5. The summed E-state index contributed by atoms with van der Waals surface area (Å²) in [5.74, 6) is -1.15. The van der Waals surface area contributed by atoms with Gasteiger partial charge in [0.15, 0.2) is 5.96 Å². The first-order chi connectivity index (χ1) is 15.6. The van der Waals surface area contributed by atoms with E-state index >= 15 is 0 Å². The van der Waals surface area contributed by atoms with Crippen molar-refractivity contribution in [2.45, 2.75) is 71.0 Å². The van der Waals surface area contributed by atoms with Gasteiger partial charge in [0.25, 0.3) is 5.91 Å². The largest absolute Gasteiger partial charge is 0.480 e. The van der Waals surface area contributed by atoms with E-state index in [9.17, 15) is 14.7 Å². The fourth-order valence-electron chi connectivity index (χ4n) is 4.17. The lowest BCUT2D eigenvalue weighted by molar-refractivity contribution is -0.139. The molecule has 1 saturated carbocycles.